The molecular weight excluding hydrogens is 181 g/mol. The fraction of sp³-hybridized carbons (Fsp3) is 0.455. The van der Waals surface area contributed by atoms with Gasteiger partial charge < -0.3 is 10.4 Å². The first-order chi connectivity index (χ1) is 6.77. The highest BCUT2D eigenvalue weighted by Gasteiger charge is 2.05. The SMILES string of the molecule is CC[C@H](CO)NCc1ccccc1F. The lowest BCUT2D eigenvalue weighted by molar-refractivity contribution is 0.238. The fourth-order valence-corrected chi connectivity index (χ4v) is 1.23. The van der Waals surface area contributed by atoms with Gasteiger partial charge in [0.05, 0.1) is 6.61 Å². The average Bonchev–Trinajstić information content (AvgIpc) is 2.22. The first-order valence-electron chi connectivity index (χ1n) is 4.85. The maximum atomic E-state index is 13.1. The Labute approximate surface area is 83.8 Å². The van der Waals surface area contributed by atoms with E-state index in [-0.39, 0.29) is 18.5 Å². The van der Waals surface area contributed by atoms with Gasteiger partial charge >= 0.3 is 0 Å². The lowest BCUT2D eigenvalue weighted by Gasteiger charge is -2.13. The predicted octanol–water partition coefficient (Wildman–Crippen LogP) is 1.69. The third-order valence-electron chi connectivity index (χ3n) is 2.25. The van der Waals surface area contributed by atoms with Crippen LogP contribution in [0.5, 0.6) is 0 Å². The molecule has 1 aromatic carbocycles. The van der Waals surface area contributed by atoms with Crippen LogP contribution < -0.4 is 5.32 Å². The number of hydrogen-bond donors (Lipinski definition) is 2. The fourth-order valence-electron chi connectivity index (χ4n) is 1.23. The van der Waals surface area contributed by atoms with Crippen molar-refractivity contribution in [3.8, 4) is 0 Å². The molecule has 0 aliphatic rings. The van der Waals surface area contributed by atoms with Gasteiger partial charge in [0.1, 0.15) is 5.82 Å². The van der Waals surface area contributed by atoms with Gasteiger partial charge in [-0.05, 0) is 12.5 Å². The smallest absolute Gasteiger partial charge is 0.127 e. The predicted molar refractivity (Wildman–Crippen MR) is 54.4 cm³/mol. The van der Waals surface area contributed by atoms with E-state index in [1.165, 1.54) is 6.07 Å². The first kappa shape index (κ1) is 11.1. The van der Waals surface area contributed by atoms with Crippen LogP contribution in [0.25, 0.3) is 0 Å². The Morgan fingerprint density at radius 1 is 1.43 bits per heavy atom. The maximum Gasteiger partial charge on any atom is 0.127 e. The van der Waals surface area contributed by atoms with Gasteiger partial charge in [-0.2, -0.15) is 0 Å². The highest BCUT2D eigenvalue weighted by atomic mass is 19.1. The molecule has 0 aliphatic heterocycles. The van der Waals surface area contributed by atoms with Gasteiger partial charge in [0, 0.05) is 18.2 Å². The van der Waals surface area contributed by atoms with E-state index < -0.39 is 0 Å². The van der Waals surface area contributed by atoms with Crippen LogP contribution in [0.4, 0.5) is 4.39 Å². The Hall–Kier alpha value is -0.930. The molecule has 0 bridgehead atoms. The Balaban J connectivity index is 2.49. The van der Waals surface area contributed by atoms with E-state index in [0.717, 1.165) is 6.42 Å². The zero-order valence-corrected chi connectivity index (χ0v) is 8.33. The number of nitrogens with one attached hydrogen (secondary N) is 1. The molecule has 1 rings (SSSR count). The second-order valence-electron chi connectivity index (χ2n) is 3.26. The standard InChI is InChI=1S/C11H16FNO/c1-2-10(8-14)13-7-9-5-3-4-6-11(9)12/h3-6,10,13-14H,2,7-8H2,1H3/t10-/m1/s1. The van der Waals surface area contributed by atoms with E-state index in [0.29, 0.717) is 12.1 Å². The van der Waals surface area contributed by atoms with E-state index in [4.69, 9.17) is 5.11 Å². The summed E-state index contributed by atoms with van der Waals surface area (Å²) in [5, 5.41) is 12.0. The zero-order chi connectivity index (χ0) is 10.4. The second-order valence-corrected chi connectivity index (χ2v) is 3.26. The normalized spacial score (nSPS) is 12.8. The summed E-state index contributed by atoms with van der Waals surface area (Å²) in [6, 6.07) is 6.71. The van der Waals surface area contributed by atoms with Gasteiger partial charge in [0.15, 0.2) is 0 Å². The molecule has 0 radical (unpaired) electrons. The van der Waals surface area contributed by atoms with Crippen LogP contribution in [0.1, 0.15) is 18.9 Å². The molecule has 14 heavy (non-hydrogen) atoms. The number of halogens is 1. The Morgan fingerprint density at radius 3 is 2.71 bits per heavy atom. The molecular formula is C11H16FNO. The van der Waals surface area contributed by atoms with Crippen molar-refractivity contribution in [3.63, 3.8) is 0 Å². The first-order valence-corrected chi connectivity index (χ1v) is 4.85. The van der Waals surface area contributed by atoms with Crippen molar-refractivity contribution in [1.82, 2.24) is 5.32 Å². The van der Waals surface area contributed by atoms with Crippen LogP contribution in [0.15, 0.2) is 24.3 Å². The molecule has 0 heterocycles. The van der Waals surface area contributed by atoms with E-state index >= 15 is 0 Å². The van der Waals surface area contributed by atoms with E-state index in [1.54, 1.807) is 18.2 Å². The molecule has 3 heteroatoms. The number of hydrogen-bond acceptors (Lipinski definition) is 2. The van der Waals surface area contributed by atoms with Crippen LogP contribution in [-0.2, 0) is 6.54 Å². The molecule has 0 saturated carbocycles. The monoisotopic (exact) mass is 197 g/mol. The van der Waals surface area contributed by atoms with E-state index in [1.807, 2.05) is 6.92 Å². The number of rotatable bonds is 5. The van der Waals surface area contributed by atoms with Crippen LogP contribution in [-0.4, -0.2) is 17.8 Å². The van der Waals surface area contributed by atoms with Gasteiger partial charge in [-0.3, -0.25) is 0 Å². The van der Waals surface area contributed by atoms with Gasteiger partial charge in [-0.1, -0.05) is 25.1 Å². The minimum Gasteiger partial charge on any atom is -0.395 e. The number of aliphatic hydroxyl groups is 1. The summed E-state index contributed by atoms with van der Waals surface area (Å²) in [6.07, 6.45) is 0.838. The maximum absolute atomic E-state index is 13.1. The van der Waals surface area contributed by atoms with Crippen molar-refractivity contribution in [3.05, 3.63) is 35.6 Å². The van der Waals surface area contributed by atoms with Gasteiger partial charge in [-0.15, -0.1) is 0 Å². The summed E-state index contributed by atoms with van der Waals surface area (Å²) >= 11 is 0. The largest absolute Gasteiger partial charge is 0.395 e. The molecule has 0 amide bonds. The topological polar surface area (TPSA) is 32.3 Å². The molecule has 78 valence electrons. The lowest BCUT2D eigenvalue weighted by atomic mass is 10.2. The van der Waals surface area contributed by atoms with Crippen LogP contribution in [0.2, 0.25) is 0 Å². The molecule has 1 aromatic rings. The average molecular weight is 197 g/mol. The van der Waals surface area contributed by atoms with Crippen molar-refractivity contribution in [1.29, 1.82) is 0 Å². The molecule has 2 nitrogen and oxygen atoms in total. The minimum atomic E-state index is -0.201. The van der Waals surface area contributed by atoms with Crippen molar-refractivity contribution >= 4 is 0 Å². The third kappa shape index (κ3) is 3.09. The summed E-state index contributed by atoms with van der Waals surface area (Å²) in [5.74, 6) is -0.201. The summed E-state index contributed by atoms with van der Waals surface area (Å²) in [6.45, 7) is 2.53. The summed E-state index contributed by atoms with van der Waals surface area (Å²) < 4.78 is 13.1. The second kappa shape index (κ2) is 5.73. The highest BCUT2D eigenvalue weighted by molar-refractivity contribution is 5.16. The van der Waals surface area contributed by atoms with Crippen molar-refractivity contribution < 1.29 is 9.50 Å². The van der Waals surface area contributed by atoms with Crippen LogP contribution >= 0.6 is 0 Å². The third-order valence-corrected chi connectivity index (χ3v) is 2.25. The molecule has 0 fully saturated rings. The molecule has 0 saturated heterocycles. The molecule has 0 spiro atoms. The Bertz CT molecular complexity index is 274. The van der Waals surface area contributed by atoms with Crippen LogP contribution in [0, 0.1) is 5.82 Å². The van der Waals surface area contributed by atoms with Crippen molar-refractivity contribution in [2.24, 2.45) is 0 Å². The van der Waals surface area contributed by atoms with E-state index in [2.05, 4.69) is 5.32 Å². The van der Waals surface area contributed by atoms with Crippen molar-refractivity contribution in [2.75, 3.05) is 6.61 Å². The minimum absolute atomic E-state index is 0.0506. The summed E-state index contributed by atoms with van der Waals surface area (Å²) in [7, 11) is 0. The molecule has 2 N–H and O–H groups in total. The summed E-state index contributed by atoms with van der Waals surface area (Å²) in [5.41, 5.74) is 0.638. The Kier molecular flexibility index (Phi) is 4.56. The highest BCUT2D eigenvalue weighted by Crippen LogP contribution is 2.06. The number of aliphatic hydroxyl groups excluding tert-OH is 1. The van der Waals surface area contributed by atoms with Gasteiger partial charge in [-0.25, -0.2) is 4.39 Å². The molecule has 1 atom stereocenters. The lowest BCUT2D eigenvalue weighted by Crippen LogP contribution is -2.31. The van der Waals surface area contributed by atoms with E-state index in [9.17, 15) is 4.39 Å². The molecule has 0 aliphatic carbocycles. The molecule has 0 unspecified atom stereocenters. The molecule has 0 aromatic heterocycles. The van der Waals surface area contributed by atoms with Gasteiger partial charge in [0.25, 0.3) is 0 Å². The quantitative estimate of drug-likeness (QED) is 0.752. The number of benzene rings is 1. The van der Waals surface area contributed by atoms with Crippen molar-refractivity contribution in [2.45, 2.75) is 25.9 Å². The Morgan fingerprint density at radius 2 is 2.14 bits per heavy atom. The van der Waals surface area contributed by atoms with Gasteiger partial charge in [0.2, 0.25) is 0 Å². The van der Waals surface area contributed by atoms with Crippen LogP contribution in [0.3, 0.4) is 0 Å². The zero-order valence-electron chi connectivity index (χ0n) is 8.33. The summed E-state index contributed by atoms with van der Waals surface area (Å²) in [4.78, 5) is 0.